The molecule has 8 aromatic carbocycles. The SMILES string of the molecule is [C-]#[N+]c1cccc(C(F)(F)F)c1-c1cc(-n2c3ccccc3c3cc(-c4ccc(C)cc4C)ccc32)c(-n2c3ccccc3c3cc(-c4ccc(C)cc4C(F)(F)F)ccc32)cc1C#N. The molecule has 0 N–H and O–H groups in total. The largest absolute Gasteiger partial charge is 0.417 e. The Morgan fingerprint density at radius 2 is 1.02 bits per heavy atom. The van der Waals surface area contributed by atoms with Crippen LogP contribution in [-0.4, -0.2) is 9.13 Å². The number of benzene rings is 8. The molecule has 10 rings (SSSR count). The van der Waals surface area contributed by atoms with Crippen LogP contribution >= 0.6 is 0 Å². The summed E-state index contributed by atoms with van der Waals surface area (Å²) in [5.74, 6) is 0. The maximum atomic E-state index is 15.0. The maximum absolute atomic E-state index is 15.0. The van der Waals surface area contributed by atoms with E-state index in [-0.39, 0.29) is 22.4 Å². The van der Waals surface area contributed by atoms with E-state index in [0.717, 1.165) is 56.2 Å². The van der Waals surface area contributed by atoms with Gasteiger partial charge in [0, 0.05) is 27.1 Å². The van der Waals surface area contributed by atoms with Crippen LogP contribution in [0.4, 0.5) is 32.0 Å². The highest BCUT2D eigenvalue weighted by Crippen LogP contribution is 2.48. The fraction of sp³-hybridized carbons (Fsp3) is 0.0909. The van der Waals surface area contributed by atoms with Gasteiger partial charge in [-0.2, -0.15) is 31.6 Å². The number of aryl methyl sites for hydroxylation is 3. The molecule has 10 heteroatoms. The molecule has 316 valence electrons. The number of fused-ring (bicyclic) bond motifs is 6. The highest BCUT2D eigenvalue weighted by atomic mass is 19.4. The monoisotopic (exact) mass is 864 g/mol. The van der Waals surface area contributed by atoms with E-state index < -0.39 is 29.0 Å². The Balaban J connectivity index is 1.34. The molecule has 0 atom stereocenters. The van der Waals surface area contributed by atoms with E-state index in [2.05, 4.69) is 42.1 Å². The molecule has 65 heavy (non-hydrogen) atoms. The van der Waals surface area contributed by atoms with Crippen molar-refractivity contribution in [2.75, 3.05) is 0 Å². The van der Waals surface area contributed by atoms with Gasteiger partial charge in [0.05, 0.1) is 62.8 Å². The van der Waals surface area contributed by atoms with Crippen LogP contribution in [0.5, 0.6) is 0 Å². The molecule has 0 radical (unpaired) electrons. The van der Waals surface area contributed by atoms with Crippen molar-refractivity contribution < 1.29 is 26.3 Å². The first kappa shape index (κ1) is 41.0. The standard InChI is InChI=1S/C55H34F6N4/c1-31-16-20-37(33(3)24-31)34-18-22-50-42(26-34)39-10-6-8-15-48(39)65(50)52-29-41(53-44(54(56,57)58)12-9-13-46(53)63-4)36(30-62)28-51(52)64-47-14-7-5-11-40(47)43-27-35(19-23-49(43)64)38-21-17-32(2)25-45(38)55(59,60)61/h5-29H,1-3H3. The van der Waals surface area contributed by atoms with Gasteiger partial charge in [0.1, 0.15) is 0 Å². The van der Waals surface area contributed by atoms with Crippen molar-refractivity contribution in [3.63, 3.8) is 0 Å². The molecule has 4 nitrogen and oxygen atoms in total. The van der Waals surface area contributed by atoms with Crippen LogP contribution in [0.1, 0.15) is 33.4 Å². The minimum Gasteiger partial charge on any atom is -0.307 e. The fourth-order valence-electron chi connectivity index (χ4n) is 9.47. The van der Waals surface area contributed by atoms with Gasteiger partial charge < -0.3 is 9.13 Å². The van der Waals surface area contributed by atoms with E-state index in [9.17, 15) is 31.6 Å². The van der Waals surface area contributed by atoms with Crippen molar-refractivity contribution in [3.8, 4) is 50.8 Å². The van der Waals surface area contributed by atoms with Crippen LogP contribution in [0.2, 0.25) is 0 Å². The second kappa shape index (κ2) is 15.0. The molecular weight excluding hydrogens is 831 g/mol. The topological polar surface area (TPSA) is 38.0 Å². The van der Waals surface area contributed by atoms with Gasteiger partial charge in [-0.25, -0.2) is 4.85 Å². The van der Waals surface area contributed by atoms with Gasteiger partial charge in [0.15, 0.2) is 5.69 Å². The van der Waals surface area contributed by atoms with Crippen LogP contribution in [-0.2, 0) is 12.4 Å². The van der Waals surface area contributed by atoms with Gasteiger partial charge in [-0.15, -0.1) is 0 Å². The average molecular weight is 865 g/mol. The number of nitrogens with zero attached hydrogens (tertiary/aromatic N) is 4. The van der Waals surface area contributed by atoms with Crippen LogP contribution in [0.3, 0.4) is 0 Å². The molecule has 0 amide bonds. The van der Waals surface area contributed by atoms with Crippen LogP contribution in [0.25, 0.3) is 93.2 Å². The first-order valence-electron chi connectivity index (χ1n) is 20.7. The van der Waals surface area contributed by atoms with E-state index in [1.807, 2.05) is 76.7 Å². The predicted molar refractivity (Wildman–Crippen MR) is 247 cm³/mol. The predicted octanol–water partition coefficient (Wildman–Crippen LogP) is 16.3. The molecule has 0 saturated carbocycles. The molecule has 0 spiro atoms. The molecule has 0 aliphatic carbocycles. The maximum Gasteiger partial charge on any atom is 0.417 e. The minimum absolute atomic E-state index is 0.0167. The zero-order chi connectivity index (χ0) is 45.5. The van der Waals surface area contributed by atoms with Gasteiger partial charge >= 0.3 is 12.4 Å². The normalized spacial score (nSPS) is 12.0. The van der Waals surface area contributed by atoms with Gasteiger partial charge in [-0.3, -0.25) is 0 Å². The Bertz CT molecular complexity index is 3700. The summed E-state index contributed by atoms with van der Waals surface area (Å²) in [5, 5.41) is 14.0. The number of aromatic nitrogens is 2. The lowest BCUT2D eigenvalue weighted by molar-refractivity contribution is -0.137. The van der Waals surface area contributed by atoms with E-state index >= 15 is 0 Å². The second-order valence-electron chi connectivity index (χ2n) is 16.3. The number of nitriles is 1. The summed E-state index contributed by atoms with van der Waals surface area (Å²) in [6, 6.07) is 45.5. The summed E-state index contributed by atoms with van der Waals surface area (Å²) in [6.45, 7) is 13.7. The Morgan fingerprint density at radius 1 is 0.492 bits per heavy atom. The summed E-state index contributed by atoms with van der Waals surface area (Å²) in [4.78, 5) is 3.51. The van der Waals surface area contributed by atoms with Gasteiger partial charge in [0.25, 0.3) is 0 Å². The summed E-state index contributed by atoms with van der Waals surface area (Å²) < 4.78 is 92.3. The van der Waals surface area contributed by atoms with Gasteiger partial charge in [-0.1, -0.05) is 108 Å². The first-order valence-corrected chi connectivity index (χ1v) is 20.7. The van der Waals surface area contributed by atoms with E-state index in [1.165, 1.54) is 18.2 Å². The smallest absolute Gasteiger partial charge is 0.307 e. The number of para-hydroxylation sites is 2. The Morgan fingerprint density at radius 3 is 1.57 bits per heavy atom. The highest BCUT2D eigenvalue weighted by Gasteiger charge is 2.36. The molecule has 2 heterocycles. The summed E-state index contributed by atoms with van der Waals surface area (Å²) in [5.41, 5.74) is 5.90. The lowest BCUT2D eigenvalue weighted by atomic mass is 9.92. The first-order chi connectivity index (χ1) is 31.2. The summed E-state index contributed by atoms with van der Waals surface area (Å²) in [7, 11) is 0. The van der Waals surface area contributed by atoms with E-state index in [4.69, 9.17) is 6.57 Å². The fourth-order valence-corrected chi connectivity index (χ4v) is 9.47. The van der Waals surface area contributed by atoms with Crippen molar-refractivity contribution in [2.45, 2.75) is 33.1 Å². The van der Waals surface area contributed by atoms with Crippen molar-refractivity contribution in [1.29, 1.82) is 5.26 Å². The molecular formula is C55H34F6N4. The molecule has 0 unspecified atom stereocenters. The van der Waals surface area contributed by atoms with Crippen molar-refractivity contribution in [3.05, 3.63) is 196 Å². The third kappa shape index (κ3) is 6.69. The Hall–Kier alpha value is -8.08. The molecule has 2 aromatic heterocycles. The molecule has 0 saturated heterocycles. The van der Waals surface area contributed by atoms with Gasteiger partial charge in [-0.05, 0) is 109 Å². The van der Waals surface area contributed by atoms with Crippen LogP contribution in [0.15, 0.2) is 152 Å². The number of hydrogen-bond acceptors (Lipinski definition) is 1. The lowest BCUT2D eigenvalue weighted by Gasteiger charge is -2.21. The zero-order valence-electron chi connectivity index (χ0n) is 35.0. The van der Waals surface area contributed by atoms with Crippen molar-refractivity contribution >= 4 is 49.3 Å². The third-order valence-corrected chi connectivity index (χ3v) is 12.3. The van der Waals surface area contributed by atoms with Crippen LogP contribution in [0, 0.1) is 38.7 Å². The Kier molecular flexibility index (Phi) is 9.47. The average Bonchev–Trinajstić information content (AvgIpc) is 3.79. The molecule has 10 aromatic rings. The second-order valence-corrected chi connectivity index (χ2v) is 16.3. The summed E-state index contributed by atoms with van der Waals surface area (Å²) >= 11 is 0. The number of hydrogen-bond donors (Lipinski definition) is 0. The zero-order valence-corrected chi connectivity index (χ0v) is 35.0. The van der Waals surface area contributed by atoms with E-state index in [1.54, 1.807) is 43.3 Å². The minimum atomic E-state index is -4.87. The molecule has 0 aliphatic heterocycles. The number of rotatable bonds is 5. The van der Waals surface area contributed by atoms with Crippen molar-refractivity contribution in [2.24, 2.45) is 0 Å². The number of alkyl halides is 6. The Labute approximate surface area is 369 Å². The molecule has 0 bridgehead atoms. The third-order valence-electron chi connectivity index (χ3n) is 12.3. The van der Waals surface area contributed by atoms with Gasteiger partial charge in [0.2, 0.25) is 0 Å². The number of halogens is 6. The van der Waals surface area contributed by atoms with Crippen molar-refractivity contribution in [1.82, 2.24) is 9.13 Å². The van der Waals surface area contributed by atoms with Crippen LogP contribution < -0.4 is 0 Å². The summed E-state index contributed by atoms with van der Waals surface area (Å²) in [6.07, 6.45) is -9.48. The molecule has 0 aliphatic rings. The molecule has 0 fully saturated rings. The highest BCUT2D eigenvalue weighted by molar-refractivity contribution is 6.13. The lowest BCUT2D eigenvalue weighted by Crippen LogP contribution is -2.09. The quantitative estimate of drug-likeness (QED) is 0.125. The van der Waals surface area contributed by atoms with E-state index in [0.29, 0.717) is 44.3 Å².